The number of rotatable bonds is 4. The summed E-state index contributed by atoms with van der Waals surface area (Å²) in [6, 6.07) is 2.71. The van der Waals surface area contributed by atoms with Crippen LogP contribution in [0, 0.1) is 5.92 Å². The largest absolute Gasteiger partial charge is 0.416 e. The molecule has 0 unspecified atom stereocenters. The van der Waals surface area contributed by atoms with E-state index in [1.807, 2.05) is 0 Å². The van der Waals surface area contributed by atoms with Gasteiger partial charge in [0.25, 0.3) is 5.91 Å². The molecule has 1 aromatic rings. The fourth-order valence-electron chi connectivity index (χ4n) is 2.78. The Balaban J connectivity index is 2.17. The van der Waals surface area contributed by atoms with Crippen LogP contribution in [-0.2, 0) is 11.0 Å². The molecular formula is C16H19F3N2O3. The molecule has 2 atom stereocenters. The molecule has 1 aromatic carbocycles. The quantitative estimate of drug-likeness (QED) is 0.785. The molecule has 2 amide bonds. The summed E-state index contributed by atoms with van der Waals surface area (Å²) in [5, 5.41) is 14.5. The third kappa shape index (κ3) is 4.70. The average Bonchev–Trinajstić information content (AvgIpc) is 2.88. The van der Waals surface area contributed by atoms with Gasteiger partial charge >= 0.3 is 6.18 Å². The number of hydrogen-bond donors (Lipinski definition) is 3. The summed E-state index contributed by atoms with van der Waals surface area (Å²) in [6.07, 6.45) is -2.84. The van der Waals surface area contributed by atoms with E-state index in [4.69, 9.17) is 0 Å². The molecule has 0 spiro atoms. The Kier molecular flexibility index (Phi) is 5.48. The standard InChI is InChI=1S/C16H19F3N2O3/c1-9(22)21-13-6-11(5-12(7-13)16(17,18)19)15(24)20-8-10-3-2-4-14(10)23/h5-7,10,14,23H,2-4,8H2,1H3,(H,20,24)(H,21,22)/t10-,14-/m1/s1. The van der Waals surface area contributed by atoms with Crippen molar-refractivity contribution >= 4 is 17.5 Å². The van der Waals surface area contributed by atoms with Gasteiger partial charge in [-0.25, -0.2) is 0 Å². The Hall–Kier alpha value is -2.09. The van der Waals surface area contributed by atoms with Crippen LogP contribution in [0.15, 0.2) is 18.2 Å². The Labute approximate surface area is 137 Å². The lowest BCUT2D eigenvalue weighted by Crippen LogP contribution is -2.32. The number of carbonyl (C=O) groups excluding carboxylic acids is 2. The average molecular weight is 344 g/mol. The predicted octanol–water partition coefficient (Wildman–Crippen LogP) is 2.55. The summed E-state index contributed by atoms with van der Waals surface area (Å²) >= 11 is 0. The maximum Gasteiger partial charge on any atom is 0.416 e. The number of nitrogens with one attached hydrogen (secondary N) is 2. The van der Waals surface area contributed by atoms with Crippen LogP contribution >= 0.6 is 0 Å². The zero-order chi connectivity index (χ0) is 17.9. The highest BCUT2D eigenvalue weighted by atomic mass is 19.4. The summed E-state index contributed by atoms with van der Waals surface area (Å²) in [7, 11) is 0. The number of aliphatic hydroxyl groups is 1. The SMILES string of the molecule is CC(=O)Nc1cc(C(=O)NC[C@H]2CCC[C@H]2O)cc(C(F)(F)F)c1. The second-order valence-corrected chi connectivity index (χ2v) is 5.95. The minimum Gasteiger partial charge on any atom is -0.393 e. The first-order valence-corrected chi connectivity index (χ1v) is 7.63. The number of amides is 2. The lowest BCUT2D eigenvalue weighted by molar-refractivity contribution is -0.137. The van der Waals surface area contributed by atoms with Gasteiger partial charge in [0.05, 0.1) is 11.7 Å². The minimum absolute atomic E-state index is 0.0884. The van der Waals surface area contributed by atoms with Crippen LogP contribution in [0.1, 0.15) is 42.1 Å². The number of aliphatic hydroxyl groups excluding tert-OH is 1. The van der Waals surface area contributed by atoms with Gasteiger partial charge in [-0.3, -0.25) is 9.59 Å². The summed E-state index contributed by atoms with van der Waals surface area (Å²) < 4.78 is 38.9. The van der Waals surface area contributed by atoms with Gasteiger partial charge in [0.1, 0.15) is 0 Å². The number of benzene rings is 1. The highest BCUT2D eigenvalue weighted by molar-refractivity contribution is 5.97. The van der Waals surface area contributed by atoms with E-state index in [9.17, 15) is 27.9 Å². The topological polar surface area (TPSA) is 78.4 Å². The second-order valence-electron chi connectivity index (χ2n) is 5.95. The molecule has 1 saturated carbocycles. The second kappa shape index (κ2) is 7.21. The Morgan fingerprint density at radius 1 is 1.25 bits per heavy atom. The lowest BCUT2D eigenvalue weighted by Gasteiger charge is -2.16. The molecule has 1 aliphatic rings. The highest BCUT2D eigenvalue weighted by Crippen LogP contribution is 2.32. The first-order chi connectivity index (χ1) is 11.2. The smallest absolute Gasteiger partial charge is 0.393 e. The molecule has 24 heavy (non-hydrogen) atoms. The number of alkyl halides is 3. The number of halogens is 3. The first-order valence-electron chi connectivity index (χ1n) is 7.63. The van der Waals surface area contributed by atoms with E-state index in [0.29, 0.717) is 6.42 Å². The van der Waals surface area contributed by atoms with E-state index in [-0.39, 0.29) is 23.7 Å². The van der Waals surface area contributed by atoms with E-state index in [1.165, 1.54) is 13.0 Å². The fourth-order valence-corrected chi connectivity index (χ4v) is 2.78. The van der Waals surface area contributed by atoms with Gasteiger partial charge in [-0.15, -0.1) is 0 Å². The summed E-state index contributed by atoms with van der Waals surface area (Å²) in [6.45, 7) is 1.37. The number of anilines is 1. The maximum absolute atomic E-state index is 13.0. The van der Waals surface area contributed by atoms with Crippen molar-refractivity contribution in [3.8, 4) is 0 Å². The Morgan fingerprint density at radius 2 is 1.96 bits per heavy atom. The predicted molar refractivity (Wildman–Crippen MR) is 81.4 cm³/mol. The van der Waals surface area contributed by atoms with Crippen molar-refractivity contribution in [1.29, 1.82) is 0 Å². The van der Waals surface area contributed by atoms with Crippen LogP contribution in [0.5, 0.6) is 0 Å². The zero-order valence-corrected chi connectivity index (χ0v) is 13.1. The summed E-state index contributed by atoms with van der Waals surface area (Å²) in [5.74, 6) is -1.30. The zero-order valence-electron chi connectivity index (χ0n) is 13.1. The van der Waals surface area contributed by atoms with Gasteiger partial charge in [-0.2, -0.15) is 13.2 Å². The van der Waals surface area contributed by atoms with E-state index in [1.54, 1.807) is 0 Å². The van der Waals surface area contributed by atoms with E-state index in [2.05, 4.69) is 10.6 Å². The molecule has 1 fully saturated rings. The number of carbonyl (C=O) groups is 2. The maximum atomic E-state index is 13.0. The molecule has 8 heteroatoms. The van der Waals surface area contributed by atoms with Crippen molar-refractivity contribution in [2.45, 2.75) is 38.5 Å². The van der Waals surface area contributed by atoms with Gasteiger partial charge < -0.3 is 15.7 Å². The first kappa shape index (κ1) is 18.3. The van der Waals surface area contributed by atoms with Crippen LogP contribution in [0.3, 0.4) is 0 Å². The van der Waals surface area contributed by atoms with Gasteiger partial charge in [-0.05, 0) is 31.0 Å². The molecule has 0 radical (unpaired) electrons. The van der Waals surface area contributed by atoms with Crippen LogP contribution in [0.25, 0.3) is 0 Å². The van der Waals surface area contributed by atoms with Crippen molar-refractivity contribution in [3.05, 3.63) is 29.3 Å². The molecule has 5 nitrogen and oxygen atoms in total. The van der Waals surface area contributed by atoms with Crippen LogP contribution < -0.4 is 10.6 Å². The van der Waals surface area contributed by atoms with Gasteiger partial charge in [0.2, 0.25) is 5.91 Å². The van der Waals surface area contributed by atoms with Crippen LogP contribution in [-0.4, -0.2) is 29.6 Å². The molecular weight excluding hydrogens is 325 g/mol. The van der Waals surface area contributed by atoms with E-state index >= 15 is 0 Å². The molecule has 3 N–H and O–H groups in total. The number of hydrogen-bond acceptors (Lipinski definition) is 3. The minimum atomic E-state index is -4.63. The molecule has 1 aliphatic carbocycles. The van der Waals surface area contributed by atoms with E-state index in [0.717, 1.165) is 25.0 Å². The van der Waals surface area contributed by atoms with Crippen LogP contribution in [0.2, 0.25) is 0 Å². The van der Waals surface area contributed by atoms with E-state index < -0.39 is 29.7 Å². The lowest BCUT2D eigenvalue weighted by atomic mass is 10.1. The fraction of sp³-hybridized carbons (Fsp3) is 0.500. The Morgan fingerprint density at radius 3 is 2.50 bits per heavy atom. The van der Waals surface area contributed by atoms with Crippen molar-refractivity contribution in [3.63, 3.8) is 0 Å². The van der Waals surface area contributed by atoms with Crippen molar-refractivity contribution < 1.29 is 27.9 Å². The molecule has 0 aromatic heterocycles. The monoisotopic (exact) mass is 344 g/mol. The molecule has 0 saturated heterocycles. The molecule has 0 aliphatic heterocycles. The van der Waals surface area contributed by atoms with Crippen molar-refractivity contribution in [2.75, 3.05) is 11.9 Å². The molecule has 0 heterocycles. The third-order valence-electron chi connectivity index (χ3n) is 3.99. The highest BCUT2D eigenvalue weighted by Gasteiger charge is 2.32. The molecule has 0 bridgehead atoms. The van der Waals surface area contributed by atoms with Crippen molar-refractivity contribution in [2.24, 2.45) is 5.92 Å². The van der Waals surface area contributed by atoms with Gasteiger partial charge in [-0.1, -0.05) is 6.42 Å². The summed E-state index contributed by atoms with van der Waals surface area (Å²) in [4.78, 5) is 23.2. The molecule has 2 rings (SSSR count). The normalized spacial score (nSPS) is 20.7. The molecule has 132 valence electrons. The Bertz CT molecular complexity index is 631. The van der Waals surface area contributed by atoms with Gasteiger partial charge in [0, 0.05) is 30.6 Å². The van der Waals surface area contributed by atoms with Crippen molar-refractivity contribution in [1.82, 2.24) is 5.32 Å². The van der Waals surface area contributed by atoms with Crippen LogP contribution in [0.4, 0.5) is 18.9 Å². The summed E-state index contributed by atoms with van der Waals surface area (Å²) in [5.41, 5.74) is -1.30. The third-order valence-corrected chi connectivity index (χ3v) is 3.99. The van der Waals surface area contributed by atoms with Gasteiger partial charge in [0.15, 0.2) is 0 Å².